The van der Waals surface area contributed by atoms with Crippen molar-refractivity contribution in [2.24, 2.45) is 0 Å². The van der Waals surface area contributed by atoms with Crippen LogP contribution in [0.2, 0.25) is 0 Å². The molecule has 0 bridgehead atoms. The lowest BCUT2D eigenvalue weighted by atomic mass is 10.1. The summed E-state index contributed by atoms with van der Waals surface area (Å²) < 4.78 is 63.5. The van der Waals surface area contributed by atoms with Crippen molar-refractivity contribution in [3.63, 3.8) is 0 Å². The molecule has 3 rings (SSSR count). The lowest BCUT2D eigenvalue weighted by molar-refractivity contribution is -0.193. The predicted octanol–water partition coefficient (Wildman–Crippen LogP) is 3.56. The van der Waals surface area contributed by atoms with E-state index < -0.39 is 24.3 Å². The van der Waals surface area contributed by atoms with E-state index in [1.807, 2.05) is 0 Å². The predicted molar refractivity (Wildman–Crippen MR) is 104 cm³/mol. The number of likely N-dealkylation sites (N-methyl/N-ethyl adjacent to an activating group) is 1. The Morgan fingerprint density at radius 3 is 1.78 bits per heavy atom. The van der Waals surface area contributed by atoms with Gasteiger partial charge in [-0.15, -0.1) is 0 Å². The van der Waals surface area contributed by atoms with Crippen molar-refractivity contribution >= 4 is 28.7 Å². The fourth-order valence-corrected chi connectivity index (χ4v) is 2.53. The number of nitrogens with zero attached hydrogens (tertiary/aromatic N) is 3. The van der Waals surface area contributed by atoms with Gasteiger partial charge in [-0.1, -0.05) is 18.2 Å². The van der Waals surface area contributed by atoms with E-state index in [9.17, 15) is 26.3 Å². The van der Waals surface area contributed by atoms with E-state index in [-0.39, 0.29) is 0 Å². The van der Waals surface area contributed by atoms with Crippen LogP contribution in [0.5, 0.6) is 0 Å². The Kier molecular flexibility index (Phi) is 9.24. The lowest BCUT2D eigenvalue weighted by Gasteiger charge is -2.33. The van der Waals surface area contributed by atoms with Crippen LogP contribution in [0.25, 0.3) is 10.9 Å². The van der Waals surface area contributed by atoms with Crippen LogP contribution in [0.1, 0.15) is 5.56 Å². The highest BCUT2D eigenvalue weighted by Gasteiger charge is 2.38. The summed E-state index contributed by atoms with van der Waals surface area (Å²) in [5.74, 6) is -4.39. The number of carbonyl (C=O) groups is 2. The second-order valence-electron chi connectivity index (χ2n) is 6.71. The second kappa shape index (κ2) is 11.0. The molecule has 0 radical (unpaired) electrons. The zero-order chi connectivity index (χ0) is 24.7. The quantitative estimate of drug-likeness (QED) is 0.617. The van der Waals surface area contributed by atoms with Crippen molar-refractivity contribution in [2.45, 2.75) is 19.3 Å². The molecule has 1 aromatic carbocycles. The number of rotatable bonds is 1. The maximum Gasteiger partial charge on any atom is 0.490 e. The summed E-state index contributed by atoms with van der Waals surface area (Å²) in [6.45, 7) is 6.55. The van der Waals surface area contributed by atoms with Gasteiger partial charge in [0, 0.05) is 31.6 Å². The molecular formula is C19H21F6N3O4. The first-order valence-corrected chi connectivity index (χ1v) is 9.03. The van der Waals surface area contributed by atoms with Crippen molar-refractivity contribution in [3.8, 4) is 0 Å². The molecule has 13 heteroatoms. The van der Waals surface area contributed by atoms with Crippen LogP contribution < -0.4 is 4.90 Å². The first-order chi connectivity index (χ1) is 14.6. The highest BCUT2D eigenvalue weighted by atomic mass is 19.4. The van der Waals surface area contributed by atoms with Crippen molar-refractivity contribution < 1.29 is 46.1 Å². The van der Waals surface area contributed by atoms with Crippen LogP contribution in [0.15, 0.2) is 30.3 Å². The molecule has 2 aromatic rings. The van der Waals surface area contributed by atoms with Crippen molar-refractivity contribution in [1.82, 2.24) is 9.88 Å². The van der Waals surface area contributed by atoms with Crippen LogP contribution in [0.3, 0.4) is 0 Å². The zero-order valence-corrected chi connectivity index (χ0v) is 17.0. The van der Waals surface area contributed by atoms with Crippen LogP contribution in [-0.4, -0.2) is 77.6 Å². The molecule has 2 heterocycles. The van der Waals surface area contributed by atoms with Crippen LogP contribution in [0, 0.1) is 6.92 Å². The number of hydrogen-bond donors (Lipinski definition) is 2. The summed E-state index contributed by atoms with van der Waals surface area (Å²) in [7, 11) is 2.18. The van der Waals surface area contributed by atoms with E-state index in [4.69, 9.17) is 24.8 Å². The molecule has 1 saturated heterocycles. The third-order valence-corrected chi connectivity index (χ3v) is 4.22. The van der Waals surface area contributed by atoms with Gasteiger partial charge in [-0.2, -0.15) is 26.3 Å². The summed E-state index contributed by atoms with van der Waals surface area (Å²) in [5, 5.41) is 15.5. The lowest BCUT2D eigenvalue weighted by Crippen LogP contribution is -2.44. The van der Waals surface area contributed by atoms with Gasteiger partial charge in [-0.3, -0.25) is 0 Å². The Morgan fingerprint density at radius 2 is 1.34 bits per heavy atom. The van der Waals surface area contributed by atoms with Gasteiger partial charge in [0.05, 0.1) is 5.52 Å². The molecule has 0 spiro atoms. The molecule has 0 saturated carbocycles. The van der Waals surface area contributed by atoms with E-state index in [2.05, 4.69) is 54.1 Å². The maximum atomic E-state index is 10.6. The first kappa shape index (κ1) is 26.9. The van der Waals surface area contributed by atoms with Gasteiger partial charge in [0.2, 0.25) is 0 Å². The Morgan fingerprint density at radius 1 is 0.906 bits per heavy atom. The average Bonchev–Trinajstić information content (AvgIpc) is 2.68. The topological polar surface area (TPSA) is 94.0 Å². The highest BCUT2D eigenvalue weighted by Crippen LogP contribution is 2.23. The minimum absolute atomic E-state index is 1.07. The van der Waals surface area contributed by atoms with E-state index in [1.54, 1.807) is 0 Å². The Balaban J connectivity index is 0.000000305. The number of carboxylic acid groups (broad SMARTS) is 2. The SMILES string of the molecule is Cc1cc(N2CCN(C)CC2)nc2ccccc12.O=C(O)C(F)(F)F.O=C(O)C(F)(F)F. The summed E-state index contributed by atoms with van der Waals surface area (Å²) in [6, 6.07) is 10.6. The van der Waals surface area contributed by atoms with Crippen molar-refractivity contribution in [2.75, 3.05) is 38.1 Å². The van der Waals surface area contributed by atoms with Gasteiger partial charge >= 0.3 is 24.3 Å². The van der Waals surface area contributed by atoms with Gasteiger partial charge in [-0.25, -0.2) is 14.6 Å². The Bertz CT molecular complexity index is 901. The molecule has 0 unspecified atom stereocenters. The number of benzene rings is 1. The summed E-state index contributed by atoms with van der Waals surface area (Å²) in [6.07, 6.45) is -10.2. The minimum atomic E-state index is -5.08. The van der Waals surface area contributed by atoms with Crippen LogP contribution >= 0.6 is 0 Å². The Labute approximate surface area is 178 Å². The molecule has 0 atom stereocenters. The number of anilines is 1. The third kappa shape index (κ3) is 8.57. The molecule has 2 N–H and O–H groups in total. The summed E-state index contributed by atoms with van der Waals surface area (Å²) in [5.41, 5.74) is 2.42. The van der Waals surface area contributed by atoms with E-state index in [0.29, 0.717) is 0 Å². The molecule has 1 aliphatic rings. The molecule has 1 aromatic heterocycles. The van der Waals surface area contributed by atoms with E-state index in [0.717, 1.165) is 37.5 Å². The fourth-order valence-electron chi connectivity index (χ4n) is 2.53. The standard InChI is InChI=1S/C15H19N3.2C2HF3O2/c1-12-11-15(18-9-7-17(2)8-10-18)16-14-6-4-3-5-13(12)14;2*3-2(4,5)1(6)7/h3-6,11H,7-10H2,1-2H3;2*(H,6,7). The van der Waals surface area contributed by atoms with Gasteiger partial charge < -0.3 is 20.0 Å². The van der Waals surface area contributed by atoms with Crippen LogP contribution in [0.4, 0.5) is 32.2 Å². The number of aryl methyl sites for hydroxylation is 1. The highest BCUT2D eigenvalue weighted by molar-refractivity contribution is 5.83. The smallest absolute Gasteiger partial charge is 0.475 e. The fraction of sp³-hybridized carbons (Fsp3) is 0.421. The molecule has 7 nitrogen and oxygen atoms in total. The number of halogens is 6. The van der Waals surface area contributed by atoms with Gasteiger partial charge in [-0.05, 0) is 31.7 Å². The van der Waals surface area contributed by atoms with E-state index in [1.165, 1.54) is 10.9 Å². The first-order valence-electron chi connectivity index (χ1n) is 9.03. The normalized spacial score (nSPS) is 14.7. The monoisotopic (exact) mass is 469 g/mol. The number of fused-ring (bicyclic) bond motifs is 1. The number of piperazine rings is 1. The van der Waals surface area contributed by atoms with Gasteiger partial charge in [0.25, 0.3) is 0 Å². The number of para-hydroxylation sites is 1. The van der Waals surface area contributed by atoms with E-state index >= 15 is 0 Å². The summed E-state index contributed by atoms with van der Waals surface area (Å²) >= 11 is 0. The molecule has 1 fully saturated rings. The number of aliphatic carboxylic acids is 2. The Hall–Kier alpha value is -3.09. The molecule has 32 heavy (non-hydrogen) atoms. The number of hydrogen-bond acceptors (Lipinski definition) is 5. The molecule has 178 valence electrons. The zero-order valence-electron chi connectivity index (χ0n) is 17.0. The minimum Gasteiger partial charge on any atom is -0.475 e. The molecule has 0 amide bonds. The average molecular weight is 469 g/mol. The van der Waals surface area contributed by atoms with Crippen molar-refractivity contribution in [1.29, 1.82) is 0 Å². The molecular weight excluding hydrogens is 448 g/mol. The van der Waals surface area contributed by atoms with Gasteiger partial charge in [0.1, 0.15) is 5.82 Å². The van der Waals surface area contributed by atoms with Crippen molar-refractivity contribution in [3.05, 3.63) is 35.9 Å². The van der Waals surface area contributed by atoms with Crippen LogP contribution in [-0.2, 0) is 9.59 Å². The molecule has 0 aliphatic carbocycles. The summed E-state index contributed by atoms with van der Waals surface area (Å²) in [4.78, 5) is 27.3. The number of pyridine rings is 1. The van der Waals surface area contributed by atoms with Gasteiger partial charge in [0.15, 0.2) is 0 Å². The number of aromatic nitrogens is 1. The molecule has 1 aliphatic heterocycles. The number of alkyl halides is 6. The third-order valence-electron chi connectivity index (χ3n) is 4.22. The number of carboxylic acids is 2. The maximum absolute atomic E-state index is 10.6. The largest absolute Gasteiger partial charge is 0.490 e. The second-order valence-corrected chi connectivity index (χ2v) is 6.71.